The number of aliphatic imine (C=N–C) groups is 1. The Labute approximate surface area is 326 Å². The average Bonchev–Trinajstić information content (AvgIpc) is 4.03. The standard InChI is InChI=1S/C42H50N8O6/c1-24(2)36(43-23-56-55-6)40(51)49-19-7-9-34(49)38-44-30-17-15-28(21-32(30)46-38)26-11-13-27(14-12-26)29-16-18-31-33(22-29)47-39(45-31)35-10-8-20-50(35)41(52)37(25(3)4)48-42(53)54-5/h11-18,21-25,34-37H,7-10,19-20H2,1-6H3,(H,44,46)(H,45,47)(H,48,53)/t34-,35-,36-,37-/m0/s1. The van der Waals surface area contributed by atoms with E-state index in [1.165, 1.54) is 20.6 Å². The Kier molecular flexibility index (Phi) is 11.4. The van der Waals surface area contributed by atoms with Crippen LogP contribution in [0.5, 0.6) is 0 Å². The normalized spacial score (nSPS) is 18.4. The number of nitrogens with one attached hydrogen (secondary N) is 3. The lowest BCUT2D eigenvalue weighted by molar-refractivity contribution is -0.188. The topological polar surface area (TPSA) is 167 Å². The molecule has 0 saturated carbocycles. The summed E-state index contributed by atoms with van der Waals surface area (Å²) < 4.78 is 4.77. The van der Waals surface area contributed by atoms with Gasteiger partial charge in [0.05, 0.1) is 48.4 Å². The van der Waals surface area contributed by atoms with Crippen molar-refractivity contribution in [2.45, 2.75) is 77.5 Å². The van der Waals surface area contributed by atoms with Crippen LogP contribution in [0.15, 0.2) is 65.7 Å². The van der Waals surface area contributed by atoms with Crippen molar-refractivity contribution < 1.29 is 28.9 Å². The third-order valence-corrected chi connectivity index (χ3v) is 10.9. The van der Waals surface area contributed by atoms with Crippen molar-refractivity contribution in [3.63, 3.8) is 0 Å². The average molecular weight is 763 g/mol. The second-order valence-corrected chi connectivity index (χ2v) is 15.2. The van der Waals surface area contributed by atoms with E-state index in [1.807, 2.05) is 49.6 Å². The number of likely N-dealkylation sites (tertiary alicyclic amines) is 2. The zero-order chi connectivity index (χ0) is 39.5. The summed E-state index contributed by atoms with van der Waals surface area (Å²) in [7, 11) is 2.69. The maximum atomic E-state index is 13.6. The largest absolute Gasteiger partial charge is 0.453 e. The fourth-order valence-electron chi connectivity index (χ4n) is 7.92. The predicted octanol–water partition coefficient (Wildman–Crippen LogP) is 7.11. The number of H-pyrrole nitrogens is 2. The number of aromatic amines is 2. The summed E-state index contributed by atoms with van der Waals surface area (Å²) in [5, 5.41) is 2.71. The fourth-order valence-corrected chi connectivity index (χ4v) is 7.92. The van der Waals surface area contributed by atoms with Crippen LogP contribution in [0, 0.1) is 11.8 Å². The lowest BCUT2D eigenvalue weighted by atomic mass is 10.00. The first-order valence-corrected chi connectivity index (χ1v) is 19.3. The van der Waals surface area contributed by atoms with Gasteiger partial charge in [0.1, 0.15) is 23.7 Å². The van der Waals surface area contributed by atoms with Crippen LogP contribution in [0.3, 0.4) is 0 Å². The number of imidazole rings is 2. The zero-order valence-corrected chi connectivity index (χ0v) is 32.7. The number of carbonyl (C=O) groups excluding carboxylic acids is 3. The zero-order valence-electron chi connectivity index (χ0n) is 32.7. The van der Waals surface area contributed by atoms with Crippen LogP contribution in [0.4, 0.5) is 4.79 Å². The van der Waals surface area contributed by atoms with E-state index in [2.05, 4.69) is 73.7 Å². The van der Waals surface area contributed by atoms with Gasteiger partial charge in [-0.25, -0.2) is 19.8 Å². The molecule has 2 saturated heterocycles. The van der Waals surface area contributed by atoms with Gasteiger partial charge in [-0.05, 0) is 84.0 Å². The van der Waals surface area contributed by atoms with Crippen molar-refractivity contribution in [3.05, 3.63) is 72.3 Å². The van der Waals surface area contributed by atoms with Crippen molar-refractivity contribution >= 4 is 46.4 Å². The van der Waals surface area contributed by atoms with E-state index in [1.54, 1.807) is 0 Å². The van der Waals surface area contributed by atoms with Gasteiger partial charge in [0, 0.05) is 13.1 Å². The molecule has 2 fully saturated rings. The Morgan fingerprint density at radius 3 is 1.71 bits per heavy atom. The molecule has 14 heteroatoms. The Balaban J connectivity index is 1.06. The minimum atomic E-state index is -0.687. The number of nitrogens with zero attached hydrogens (tertiary/aromatic N) is 5. The number of benzene rings is 3. The van der Waals surface area contributed by atoms with E-state index < -0.39 is 18.2 Å². The number of amides is 3. The van der Waals surface area contributed by atoms with E-state index in [9.17, 15) is 14.4 Å². The number of ether oxygens (including phenoxy) is 1. The molecule has 294 valence electrons. The molecule has 5 aromatic rings. The second-order valence-electron chi connectivity index (χ2n) is 15.2. The number of hydrogen-bond donors (Lipinski definition) is 3. The second kappa shape index (κ2) is 16.5. The van der Waals surface area contributed by atoms with Crippen LogP contribution in [0.25, 0.3) is 44.3 Å². The molecule has 3 N–H and O–H groups in total. The number of fused-ring (bicyclic) bond motifs is 2. The molecule has 0 bridgehead atoms. The third-order valence-electron chi connectivity index (χ3n) is 10.9. The lowest BCUT2D eigenvalue weighted by Gasteiger charge is -2.29. The number of aromatic nitrogens is 4. The molecular weight excluding hydrogens is 713 g/mol. The quantitative estimate of drug-likeness (QED) is 0.0523. The predicted molar refractivity (Wildman–Crippen MR) is 213 cm³/mol. The summed E-state index contributed by atoms with van der Waals surface area (Å²) in [6.45, 7) is 8.99. The van der Waals surface area contributed by atoms with Gasteiger partial charge < -0.3 is 34.7 Å². The first-order chi connectivity index (χ1) is 27.1. The molecule has 3 aromatic carbocycles. The summed E-state index contributed by atoms with van der Waals surface area (Å²) in [6, 6.07) is 19.2. The third kappa shape index (κ3) is 7.83. The molecule has 4 atom stereocenters. The van der Waals surface area contributed by atoms with Crippen molar-refractivity contribution in [2.24, 2.45) is 16.8 Å². The summed E-state index contributed by atoms with van der Waals surface area (Å²) in [6.07, 6.45) is 3.91. The van der Waals surface area contributed by atoms with Crippen LogP contribution >= 0.6 is 0 Å². The van der Waals surface area contributed by atoms with Gasteiger partial charge in [0.25, 0.3) is 0 Å². The van der Waals surface area contributed by atoms with Gasteiger partial charge in [-0.15, -0.1) is 0 Å². The van der Waals surface area contributed by atoms with Crippen molar-refractivity contribution in [3.8, 4) is 22.3 Å². The van der Waals surface area contributed by atoms with Crippen molar-refractivity contribution in [1.29, 1.82) is 0 Å². The molecular formula is C42H50N8O6. The minimum Gasteiger partial charge on any atom is -0.453 e. The van der Waals surface area contributed by atoms with Crippen LogP contribution in [0.1, 0.15) is 77.1 Å². The number of carbonyl (C=O) groups is 3. The smallest absolute Gasteiger partial charge is 0.407 e. The molecule has 2 aromatic heterocycles. The molecule has 0 aliphatic carbocycles. The van der Waals surface area contributed by atoms with Crippen molar-refractivity contribution in [1.82, 2.24) is 35.1 Å². The Hall–Kier alpha value is -5.76. The highest BCUT2D eigenvalue weighted by Gasteiger charge is 2.38. The van der Waals surface area contributed by atoms with E-state index in [-0.39, 0.29) is 35.7 Å². The summed E-state index contributed by atoms with van der Waals surface area (Å²) in [4.78, 5) is 73.5. The van der Waals surface area contributed by atoms with Gasteiger partial charge in [-0.3, -0.25) is 9.59 Å². The Morgan fingerprint density at radius 1 is 0.750 bits per heavy atom. The first-order valence-electron chi connectivity index (χ1n) is 19.3. The number of methoxy groups -OCH3 is 1. The molecule has 0 unspecified atom stereocenters. The molecule has 56 heavy (non-hydrogen) atoms. The SMILES string of the molecule is COOC=N[C@H](C(=O)N1CCC[C@H]1c1nc2ccc(-c3ccc(-c4ccc5nc([C@@H]6CCCN6C(=O)[C@@H](NC(=O)OC)C(C)C)[nH]c5c4)cc3)cc2[nH]1)C(C)C. The van der Waals surface area contributed by atoms with Gasteiger partial charge >= 0.3 is 6.09 Å². The first kappa shape index (κ1) is 38.5. The van der Waals surface area contributed by atoms with E-state index >= 15 is 0 Å². The Morgan fingerprint density at radius 2 is 1.25 bits per heavy atom. The maximum absolute atomic E-state index is 13.6. The Bertz CT molecular complexity index is 2230. The van der Waals surface area contributed by atoms with Gasteiger partial charge in [-0.1, -0.05) is 64.1 Å². The molecule has 3 amide bonds. The number of rotatable bonds is 12. The van der Waals surface area contributed by atoms with Gasteiger partial charge in [0.2, 0.25) is 18.2 Å². The fraction of sp³-hybridized carbons (Fsp3) is 0.429. The highest BCUT2D eigenvalue weighted by Crippen LogP contribution is 2.36. The molecule has 4 heterocycles. The molecule has 2 aliphatic rings. The van der Waals surface area contributed by atoms with Crippen molar-refractivity contribution in [2.75, 3.05) is 27.3 Å². The van der Waals surface area contributed by atoms with Gasteiger partial charge in [-0.2, -0.15) is 4.89 Å². The van der Waals surface area contributed by atoms with Crippen LogP contribution in [0.2, 0.25) is 0 Å². The van der Waals surface area contributed by atoms with Crippen LogP contribution < -0.4 is 5.32 Å². The molecule has 2 aliphatic heterocycles. The highest BCUT2D eigenvalue weighted by atomic mass is 17.2. The van der Waals surface area contributed by atoms with Crippen LogP contribution in [-0.2, 0) is 24.1 Å². The van der Waals surface area contributed by atoms with Gasteiger partial charge in [0.15, 0.2) is 0 Å². The number of alkyl carbamates (subject to hydrolysis) is 1. The highest BCUT2D eigenvalue weighted by molar-refractivity contribution is 5.88. The summed E-state index contributed by atoms with van der Waals surface area (Å²) in [5.41, 5.74) is 7.71. The lowest BCUT2D eigenvalue weighted by Crippen LogP contribution is -2.51. The van der Waals surface area contributed by atoms with E-state index in [0.29, 0.717) is 13.1 Å². The maximum Gasteiger partial charge on any atom is 0.407 e. The molecule has 0 radical (unpaired) electrons. The number of hydrogen-bond acceptors (Lipinski definition) is 9. The van der Waals surface area contributed by atoms with Crippen LogP contribution in [-0.4, -0.2) is 93.4 Å². The molecule has 0 spiro atoms. The molecule has 7 rings (SSSR count). The minimum absolute atomic E-state index is 0.0132. The monoisotopic (exact) mass is 762 g/mol. The van der Waals surface area contributed by atoms with E-state index in [4.69, 9.17) is 19.6 Å². The van der Waals surface area contributed by atoms with E-state index in [0.717, 1.165) is 81.7 Å². The summed E-state index contributed by atoms with van der Waals surface area (Å²) in [5.74, 6) is 1.21. The summed E-state index contributed by atoms with van der Waals surface area (Å²) >= 11 is 0. The molecule has 14 nitrogen and oxygen atoms in total.